The van der Waals surface area contributed by atoms with Gasteiger partial charge in [0.05, 0.1) is 0 Å². The van der Waals surface area contributed by atoms with E-state index in [0.717, 1.165) is 12.1 Å². The topological polar surface area (TPSA) is 55.6 Å². The predicted molar refractivity (Wildman–Crippen MR) is 78.2 cm³/mol. The maximum Gasteiger partial charge on any atom is 0.258 e. The van der Waals surface area contributed by atoms with Gasteiger partial charge in [-0.25, -0.2) is 0 Å². The van der Waals surface area contributed by atoms with Gasteiger partial charge < -0.3 is 15.4 Å². The number of para-hydroxylation sites is 1. The van der Waals surface area contributed by atoms with Crippen LogP contribution in [-0.2, 0) is 9.53 Å². The van der Waals surface area contributed by atoms with Gasteiger partial charge in [0, 0.05) is 19.3 Å². The molecular formula is C15H24N2O2. The lowest BCUT2D eigenvalue weighted by atomic mass is 10.0. The zero-order valence-corrected chi connectivity index (χ0v) is 12.1. The maximum absolute atomic E-state index is 12.7. The minimum atomic E-state index is -0.787. The number of methoxy groups -OCH3 is 1. The van der Waals surface area contributed by atoms with E-state index in [1.165, 1.54) is 0 Å². The first-order chi connectivity index (χ1) is 9.09. The van der Waals surface area contributed by atoms with Crippen LogP contribution in [-0.4, -0.2) is 31.7 Å². The van der Waals surface area contributed by atoms with Gasteiger partial charge >= 0.3 is 0 Å². The monoisotopic (exact) mass is 264 g/mol. The molecule has 1 rings (SSSR count). The van der Waals surface area contributed by atoms with Crippen LogP contribution in [0.25, 0.3) is 0 Å². The van der Waals surface area contributed by atoms with E-state index in [1.807, 2.05) is 44.2 Å². The third-order valence-corrected chi connectivity index (χ3v) is 3.48. The summed E-state index contributed by atoms with van der Waals surface area (Å²) in [5.74, 6) is -0.0165. The number of rotatable bonds is 7. The van der Waals surface area contributed by atoms with Crippen LogP contribution >= 0.6 is 0 Å². The van der Waals surface area contributed by atoms with Gasteiger partial charge in [-0.3, -0.25) is 4.79 Å². The number of amides is 1. The van der Waals surface area contributed by atoms with Crippen molar-refractivity contribution in [2.45, 2.75) is 32.3 Å². The third-order valence-electron chi connectivity index (χ3n) is 3.48. The highest BCUT2D eigenvalue weighted by atomic mass is 16.5. The normalized spacial score (nSPS) is 13.9. The predicted octanol–water partition coefficient (Wildman–Crippen LogP) is 2.18. The van der Waals surface area contributed by atoms with Crippen LogP contribution in [0, 0.1) is 0 Å². The molecule has 106 valence electrons. The molecule has 0 aliphatic rings. The number of benzene rings is 1. The summed E-state index contributed by atoms with van der Waals surface area (Å²) in [6.07, 6.45) is 1.40. The van der Waals surface area contributed by atoms with E-state index in [-0.39, 0.29) is 5.91 Å². The van der Waals surface area contributed by atoms with E-state index >= 15 is 0 Å². The van der Waals surface area contributed by atoms with Crippen LogP contribution in [0.5, 0.6) is 0 Å². The molecule has 0 spiro atoms. The van der Waals surface area contributed by atoms with Crippen LogP contribution in [0.4, 0.5) is 5.69 Å². The number of carbonyl (C=O) groups is 1. The first-order valence-electron chi connectivity index (χ1n) is 6.71. The van der Waals surface area contributed by atoms with Crippen molar-refractivity contribution < 1.29 is 9.53 Å². The molecule has 1 aromatic carbocycles. The van der Waals surface area contributed by atoms with Crippen molar-refractivity contribution in [1.29, 1.82) is 0 Å². The summed E-state index contributed by atoms with van der Waals surface area (Å²) < 4.78 is 5.41. The first kappa shape index (κ1) is 15.7. The lowest BCUT2D eigenvalue weighted by Crippen LogP contribution is -2.49. The van der Waals surface area contributed by atoms with E-state index in [1.54, 1.807) is 12.0 Å². The summed E-state index contributed by atoms with van der Waals surface area (Å²) in [6.45, 7) is 4.95. The first-order valence-corrected chi connectivity index (χ1v) is 6.71. The second-order valence-corrected chi connectivity index (χ2v) is 4.72. The molecule has 0 bridgehead atoms. The lowest BCUT2D eigenvalue weighted by molar-refractivity contribution is -0.138. The Hall–Kier alpha value is -1.39. The maximum atomic E-state index is 12.7. The highest BCUT2D eigenvalue weighted by Crippen LogP contribution is 2.23. The van der Waals surface area contributed by atoms with Gasteiger partial charge in [-0.05, 0) is 38.4 Å². The average molecular weight is 264 g/mol. The molecule has 0 heterocycles. The molecule has 1 amide bonds. The minimum absolute atomic E-state index is 0.0165. The summed E-state index contributed by atoms with van der Waals surface area (Å²) in [5.41, 5.74) is 5.66. The van der Waals surface area contributed by atoms with Gasteiger partial charge in [0.15, 0.2) is 0 Å². The number of nitrogens with zero attached hydrogens (tertiary/aromatic N) is 1. The zero-order valence-electron chi connectivity index (χ0n) is 12.1. The molecule has 0 saturated carbocycles. The summed E-state index contributed by atoms with van der Waals surface area (Å²) in [4.78, 5) is 14.5. The molecule has 0 aliphatic heterocycles. The van der Waals surface area contributed by atoms with Crippen LogP contribution in [0.2, 0.25) is 0 Å². The van der Waals surface area contributed by atoms with Crippen molar-refractivity contribution in [2.75, 3.05) is 25.1 Å². The number of ether oxygens (including phenoxy) is 1. The molecule has 4 nitrogen and oxygen atoms in total. The number of nitrogens with two attached hydrogens (primary N) is 1. The summed E-state index contributed by atoms with van der Waals surface area (Å²) in [6, 6.07) is 9.65. The Morgan fingerprint density at radius 3 is 2.47 bits per heavy atom. The molecule has 0 fully saturated rings. The van der Waals surface area contributed by atoms with E-state index in [4.69, 9.17) is 10.5 Å². The average Bonchev–Trinajstić information content (AvgIpc) is 2.47. The largest absolute Gasteiger partial charge is 0.369 e. The standard InChI is InChI=1S/C15H24N2O2/c1-4-15(2,19-3)14(18)17(12-8-11-16)13-9-6-5-7-10-13/h5-7,9-10H,4,8,11-12,16H2,1-3H3. The summed E-state index contributed by atoms with van der Waals surface area (Å²) in [5, 5.41) is 0. The van der Waals surface area contributed by atoms with Gasteiger partial charge in [0.25, 0.3) is 5.91 Å². The quantitative estimate of drug-likeness (QED) is 0.821. The molecule has 0 aliphatic carbocycles. The Labute approximate surface area is 115 Å². The molecule has 19 heavy (non-hydrogen) atoms. The van der Waals surface area contributed by atoms with Gasteiger partial charge in [-0.1, -0.05) is 25.1 Å². The molecule has 2 N–H and O–H groups in total. The number of hydrogen-bond donors (Lipinski definition) is 1. The van der Waals surface area contributed by atoms with Crippen LogP contribution in [0.1, 0.15) is 26.7 Å². The van der Waals surface area contributed by atoms with E-state index in [0.29, 0.717) is 19.5 Å². The molecule has 1 atom stereocenters. The Kier molecular flexibility index (Phi) is 5.99. The molecule has 0 radical (unpaired) electrons. The highest BCUT2D eigenvalue weighted by Gasteiger charge is 2.35. The van der Waals surface area contributed by atoms with Crippen LogP contribution in [0.15, 0.2) is 30.3 Å². The fourth-order valence-electron chi connectivity index (χ4n) is 1.87. The fourth-order valence-corrected chi connectivity index (χ4v) is 1.87. The number of anilines is 1. The SMILES string of the molecule is CCC(C)(OC)C(=O)N(CCCN)c1ccccc1. The Balaban J connectivity index is 3.00. The Morgan fingerprint density at radius 1 is 1.37 bits per heavy atom. The summed E-state index contributed by atoms with van der Waals surface area (Å²) in [7, 11) is 1.58. The second-order valence-electron chi connectivity index (χ2n) is 4.72. The van der Waals surface area contributed by atoms with Crippen molar-refractivity contribution in [2.24, 2.45) is 5.73 Å². The number of hydrogen-bond acceptors (Lipinski definition) is 3. The lowest BCUT2D eigenvalue weighted by Gasteiger charge is -2.33. The van der Waals surface area contributed by atoms with Gasteiger partial charge in [0.2, 0.25) is 0 Å². The summed E-state index contributed by atoms with van der Waals surface area (Å²) >= 11 is 0. The van der Waals surface area contributed by atoms with E-state index in [2.05, 4.69) is 0 Å². The van der Waals surface area contributed by atoms with Crippen LogP contribution in [0.3, 0.4) is 0 Å². The van der Waals surface area contributed by atoms with Crippen molar-refractivity contribution >= 4 is 11.6 Å². The van der Waals surface area contributed by atoms with E-state index in [9.17, 15) is 4.79 Å². The fraction of sp³-hybridized carbons (Fsp3) is 0.533. The molecule has 1 aromatic rings. The second kappa shape index (κ2) is 7.26. The molecule has 0 aromatic heterocycles. The highest BCUT2D eigenvalue weighted by molar-refractivity contribution is 5.99. The van der Waals surface area contributed by atoms with Gasteiger partial charge in [-0.15, -0.1) is 0 Å². The minimum Gasteiger partial charge on any atom is -0.369 e. The van der Waals surface area contributed by atoms with E-state index < -0.39 is 5.60 Å². The Morgan fingerprint density at radius 2 is 2.00 bits per heavy atom. The molecule has 0 saturated heterocycles. The Bertz CT molecular complexity index is 388. The van der Waals surface area contributed by atoms with Crippen molar-refractivity contribution in [3.05, 3.63) is 30.3 Å². The number of carbonyl (C=O) groups excluding carboxylic acids is 1. The van der Waals surface area contributed by atoms with Crippen molar-refractivity contribution in [1.82, 2.24) is 0 Å². The van der Waals surface area contributed by atoms with Gasteiger partial charge in [-0.2, -0.15) is 0 Å². The van der Waals surface area contributed by atoms with Crippen molar-refractivity contribution in [3.8, 4) is 0 Å². The third kappa shape index (κ3) is 3.78. The molecular weight excluding hydrogens is 240 g/mol. The van der Waals surface area contributed by atoms with Crippen LogP contribution < -0.4 is 10.6 Å². The molecule has 1 unspecified atom stereocenters. The van der Waals surface area contributed by atoms with Gasteiger partial charge in [0.1, 0.15) is 5.60 Å². The zero-order chi connectivity index (χ0) is 14.3. The van der Waals surface area contributed by atoms with Crippen molar-refractivity contribution in [3.63, 3.8) is 0 Å². The smallest absolute Gasteiger partial charge is 0.258 e. The molecule has 4 heteroatoms.